The minimum Gasteiger partial charge on any atom is -0.608 e. The number of rotatable bonds is 2. The van der Waals surface area contributed by atoms with Crippen LogP contribution in [0.25, 0.3) is 11.1 Å². The van der Waals surface area contributed by atoms with Crippen LogP contribution in [-0.4, -0.2) is 0 Å². The molecule has 2 rings (SSSR count). The summed E-state index contributed by atoms with van der Waals surface area (Å²) >= 11 is 5.80. The molecule has 0 saturated carbocycles. The Kier molecular flexibility index (Phi) is 3.35. The summed E-state index contributed by atoms with van der Waals surface area (Å²) in [5, 5.41) is 8.37. The highest BCUT2D eigenvalue weighted by Gasteiger charge is 2.03. The molecule has 0 saturated heterocycles. The van der Waals surface area contributed by atoms with E-state index < -0.39 is 7.94 Å². The Morgan fingerprint density at radius 2 is 1.31 bits per heavy atom. The van der Waals surface area contributed by atoms with Crippen LogP contribution < -0.4 is 10.2 Å². The van der Waals surface area contributed by atoms with E-state index in [1.54, 1.807) is 12.1 Å². The van der Waals surface area contributed by atoms with E-state index in [2.05, 4.69) is 0 Å². The molecule has 0 aliphatic rings. The van der Waals surface area contributed by atoms with E-state index in [4.69, 9.17) is 16.8 Å². The molecular weight excluding hydrogens is 241 g/mol. The van der Waals surface area contributed by atoms with Gasteiger partial charge in [-0.3, -0.25) is 0 Å². The third kappa shape index (κ3) is 2.48. The summed E-state index contributed by atoms with van der Waals surface area (Å²) < 4.78 is 0. The van der Waals surface area contributed by atoms with Gasteiger partial charge in [-0.1, -0.05) is 23.7 Å². The third-order valence-electron chi connectivity index (χ3n) is 2.28. The van der Waals surface area contributed by atoms with Crippen molar-refractivity contribution in [2.24, 2.45) is 0 Å². The van der Waals surface area contributed by atoms with Crippen molar-refractivity contribution in [1.82, 2.24) is 0 Å². The van der Waals surface area contributed by atoms with E-state index >= 15 is 0 Å². The molecule has 1 N–H and O–H groups in total. The van der Waals surface area contributed by atoms with Crippen LogP contribution in [0.5, 0.6) is 0 Å². The predicted octanol–water partition coefficient (Wildman–Crippen LogP) is 3.15. The van der Waals surface area contributed by atoms with Crippen LogP contribution in [0.15, 0.2) is 48.5 Å². The maximum Gasteiger partial charge on any atom is 0.199 e. The minimum atomic E-state index is -2.00. The second kappa shape index (κ2) is 4.75. The highest BCUT2D eigenvalue weighted by Crippen LogP contribution is 2.21. The van der Waals surface area contributed by atoms with Crippen molar-refractivity contribution < 1.29 is 4.89 Å². The average molecular weight is 250 g/mol. The van der Waals surface area contributed by atoms with Crippen LogP contribution in [0.4, 0.5) is 0 Å². The first-order valence-corrected chi connectivity index (χ1v) is 6.35. The molecule has 0 bridgehead atoms. The van der Waals surface area contributed by atoms with Gasteiger partial charge in [-0.05, 0) is 47.5 Å². The molecule has 1 atom stereocenters. The topological polar surface area (TPSA) is 46.9 Å². The molecule has 0 spiro atoms. The van der Waals surface area contributed by atoms with Gasteiger partial charge in [0.1, 0.15) is 0 Å². The lowest BCUT2D eigenvalue weighted by Crippen LogP contribution is -2.02. The van der Waals surface area contributed by atoms with Crippen molar-refractivity contribution >= 4 is 24.8 Å². The molecule has 2 aromatic carbocycles. The van der Waals surface area contributed by atoms with E-state index in [1.165, 1.54) is 0 Å². The number of halogens is 1. The van der Waals surface area contributed by atoms with Gasteiger partial charge in [0, 0.05) is 5.02 Å². The van der Waals surface area contributed by atoms with Gasteiger partial charge in [0.25, 0.3) is 0 Å². The second-order valence-electron chi connectivity index (χ2n) is 3.35. The van der Waals surface area contributed by atoms with Gasteiger partial charge in [-0.2, -0.15) is 0 Å². The van der Waals surface area contributed by atoms with Gasteiger partial charge in [0.2, 0.25) is 0 Å². The molecule has 0 aromatic heterocycles. The second-order valence-corrected chi connectivity index (χ2v) is 4.89. The van der Waals surface area contributed by atoms with Crippen LogP contribution in [0.3, 0.4) is 0 Å². The van der Waals surface area contributed by atoms with Crippen molar-refractivity contribution in [1.29, 1.82) is 5.16 Å². The first-order valence-electron chi connectivity index (χ1n) is 4.71. The van der Waals surface area contributed by atoms with Gasteiger partial charge in [0.05, 0.1) is 0 Å². The largest absolute Gasteiger partial charge is 0.608 e. The van der Waals surface area contributed by atoms with E-state index in [0.29, 0.717) is 10.3 Å². The molecule has 0 heterocycles. The van der Waals surface area contributed by atoms with Crippen LogP contribution in [0, 0.1) is 5.16 Å². The van der Waals surface area contributed by atoms with Gasteiger partial charge < -0.3 is 4.89 Å². The lowest BCUT2D eigenvalue weighted by Gasteiger charge is -2.01. The summed E-state index contributed by atoms with van der Waals surface area (Å²) in [6.07, 6.45) is 0. The lowest BCUT2D eigenvalue weighted by molar-refractivity contribution is -0.153. The van der Waals surface area contributed by atoms with Crippen LogP contribution in [0.2, 0.25) is 5.02 Å². The molecule has 1 unspecified atom stereocenters. The van der Waals surface area contributed by atoms with Crippen LogP contribution in [-0.2, 0) is 0 Å². The van der Waals surface area contributed by atoms with Gasteiger partial charge in [0.15, 0.2) is 13.2 Å². The molecule has 2 aromatic rings. The zero-order chi connectivity index (χ0) is 11.5. The molecule has 0 aliphatic carbocycles. The first kappa shape index (κ1) is 11.3. The number of hydrogen-bond acceptors (Lipinski definition) is 2. The predicted molar refractivity (Wildman–Crippen MR) is 66.2 cm³/mol. The smallest absolute Gasteiger partial charge is 0.199 e. The van der Waals surface area contributed by atoms with Gasteiger partial charge in [-0.15, -0.1) is 5.16 Å². The van der Waals surface area contributed by atoms with Crippen molar-refractivity contribution in [2.45, 2.75) is 0 Å². The monoisotopic (exact) mass is 249 g/mol. The van der Waals surface area contributed by atoms with E-state index in [1.807, 2.05) is 36.4 Å². The van der Waals surface area contributed by atoms with Crippen LogP contribution >= 0.6 is 19.5 Å². The summed E-state index contributed by atoms with van der Waals surface area (Å²) in [6, 6.07) is 14.7. The fourth-order valence-electron chi connectivity index (χ4n) is 1.43. The maximum absolute atomic E-state index is 10.9. The first-order chi connectivity index (χ1) is 7.66. The maximum atomic E-state index is 10.9. The minimum absolute atomic E-state index is 0.549. The molecule has 0 amide bonds. The summed E-state index contributed by atoms with van der Waals surface area (Å²) in [6.45, 7) is 0. The Morgan fingerprint density at radius 1 is 0.875 bits per heavy atom. The van der Waals surface area contributed by atoms with Crippen molar-refractivity contribution in [3.63, 3.8) is 0 Å². The highest BCUT2D eigenvalue weighted by atomic mass is 35.5. The number of benzene rings is 2. The Labute approximate surface area is 99.9 Å². The quantitative estimate of drug-likeness (QED) is 0.817. The SMILES string of the molecule is N=[P+]([O-])c1ccc(-c2ccc(Cl)cc2)cc1. The number of hydrogen-bond donors (Lipinski definition) is 1. The number of nitrogens with one attached hydrogen (secondary N) is 1. The third-order valence-corrected chi connectivity index (χ3v) is 3.30. The zero-order valence-corrected chi connectivity index (χ0v) is 10.0. The summed E-state index contributed by atoms with van der Waals surface area (Å²) in [5.74, 6) is 0. The normalized spacial score (nSPS) is 11.2. The molecule has 16 heavy (non-hydrogen) atoms. The Bertz CT molecular complexity index is 508. The fourth-order valence-corrected chi connectivity index (χ4v) is 1.98. The van der Waals surface area contributed by atoms with Gasteiger partial charge in [-0.25, -0.2) is 0 Å². The van der Waals surface area contributed by atoms with E-state index in [-0.39, 0.29) is 0 Å². The van der Waals surface area contributed by atoms with Crippen LogP contribution in [0.1, 0.15) is 0 Å². The van der Waals surface area contributed by atoms with Crippen molar-refractivity contribution in [2.75, 3.05) is 0 Å². The Hall–Kier alpha value is -1.21. The molecule has 80 valence electrons. The molecule has 0 radical (unpaired) electrons. The molecule has 0 fully saturated rings. The summed E-state index contributed by atoms with van der Waals surface area (Å²) in [5.41, 5.74) is 2.08. The Morgan fingerprint density at radius 3 is 1.75 bits per heavy atom. The molecule has 0 aliphatic heterocycles. The summed E-state index contributed by atoms with van der Waals surface area (Å²) in [7, 11) is -2.00. The lowest BCUT2D eigenvalue weighted by atomic mass is 10.1. The van der Waals surface area contributed by atoms with Crippen molar-refractivity contribution in [3.05, 3.63) is 53.6 Å². The zero-order valence-electron chi connectivity index (χ0n) is 8.35. The standard InChI is InChI=1S/C12H9ClNOP/c13-11-5-1-9(2-6-11)10-3-7-12(8-4-10)16(14)15/h1-8,14H. The molecule has 2 nitrogen and oxygen atoms in total. The van der Waals surface area contributed by atoms with E-state index in [9.17, 15) is 4.89 Å². The summed E-state index contributed by atoms with van der Waals surface area (Å²) in [4.78, 5) is 10.9. The van der Waals surface area contributed by atoms with Crippen molar-refractivity contribution in [3.8, 4) is 11.1 Å². The molecule has 4 heteroatoms. The highest BCUT2D eigenvalue weighted by molar-refractivity contribution is 7.47. The Balaban J connectivity index is 2.34. The van der Waals surface area contributed by atoms with Gasteiger partial charge >= 0.3 is 0 Å². The molecular formula is C12H9ClNOP. The fraction of sp³-hybridized carbons (Fsp3) is 0. The van der Waals surface area contributed by atoms with E-state index in [0.717, 1.165) is 11.1 Å². The average Bonchev–Trinajstić information content (AvgIpc) is 2.30.